The van der Waals surface area contributed by atoms with Crippen LogP contribution >= 0.6 is 0 Å². The molecule has 0 spiro atoms. The number of nitrogens with one attached hydrogen (secondary N) is 3. The Labute approximate surface area is 414 Å². The maximum Gasteiger partial charge on any atom is 0.411 e. The van der Waals surface area contributed by atoms with Crippen LogP contribution in [-0.2, 0) is 79.7 Å². The molecule has 26 heteroatoms. The van der Waals surface area contributed by atoms with Crippen LogP contribution in [0, 0.1) is 12.7 Å². The van der Waals surface area contributed by atoms with Crippen LogP contribution in [0.1, 0.15) is 64.8 Å². The molecule has 1 fully saturated rings. The highest BCUT2D eigenvalue weighted by Crippen LogP contribution is 2.46. The summed E-state index contributed by atoms with van der Waals surface area (Å²) < 4.78 is 68.5. The SMILES string of the molecule is CC[C@@]1(O)C(=O)OCc2c1cc1n(c2=O)Cc2c-1nc1cc(F)c(C)c3c1c2[C@@H](NC(=O)COCN(CCS(C)(=O)=O)C(=O)OCc1ccc(O[C@@H]2OC(C(=O)O)[C@@H](O)C(O)C2O)c(NC(=O)CNC)c1)CC3. The van der Waals surface area contributed by atoms with E-state index in [0.29, 0.717) is 46.2 Å². The van der Waals surface area contributed by atoms with Gasteiger partial charge in [-0.2, -0.15) is 0 Å². The Morgan fingerprint density at radius 1 is 1.04 bits per heavy atom. The minimum absolute atomic E-state index is 0.000770. The molecule has 0 bridgehead atoms. The molecule has 73 heavy (non-hydrogen) atoms. The number of hydrogen-bond donors (Lipinski definition) is 8. The summed E-state index contributed by atoms with van der Waals surface area (Å²) in [5, 5.41) is 60.5. The lowest BCUT2D eigenvalue weighted by Crippen LogP contribution is -2.61. The Kier molecular flexibility index (Phi) is 14.9. The van der Waals surface area contributed by atoms with Crippen LogP contribution < -0.4 is 26.2 Å². The van der Waals surface area contributed by atoms with Gasteiger partial charge < -0.3 is 69.7 Å². The molecule has 2 aromatic carbocycles. The van der Waals surface area contributed by atoms with Crippen LogP contribution in [0.4, 0.5) is 14.9 Å². The number of cyclic esters (lactones) is 1. The third kappa shape index (κ3) is 10.3. The molecule has 3 aliphatic heterocycles. The Balaban J connectivity index is 0.981. The number of esters is 1. The second-order valence-electron chi connectivity index (χ2n) is 18.2. The molecule has 4 aromatic rings. The van der Waals surface area contributed by atoms with Crippen molar-refractivity contribution in [1.29, 1.82) is 0 Å². The van der Waals surface area contributed by atoms with E-state index < -0.39 is 126 Å². The number of aromatic nitrogens is 2. The van der Waals surface area contributed by atoms with Crippen molar-refractivity contribution in [3.8, 4) is 17.1 Å². The van der Waals surface area contributed by atoms with E-state index in [1.165, 1.54) is 41.9 Å². The number of rotatable bonds is 17. The molecule has 3 amide bonds. The van der Waals surface area contributed by atoms with E-state index in [1.54, 1.807) is 13.8 Å². The normalized spacial score (nSPS) is 22.9. The number of carboxylic acids is 1. The Bertz CT molecular complexity index is 3100. The molecule has 5 heterocycles. The standard InChI is InChI=1S/C47H53FN6O18S/c1-5-47(65)26-13-31-37-24(16-54(31)42(60)25(26)18-69-45(47)63)36-28(8-7-23-21(2)27(48)14-30(52-37)35(23)36)50-34(56)19-68-20-53(10-11-73(4,66)67)46(64)70-17-22-6-9-32(29(12-22)51-33(55)15-49-3)71-44-40(59)38(57)39(58)41(72-44)43(61)62/h6,9,12-14,28,38-41,44,49,57-59,65H,5,7-8,10-11,15-20H2,1-4H3,(H,50,56)(H,51,55)(H,61,62)/t28-,38?,39-,40?,41?,44+,47-/m0/s1. The average Bonchev–Trinajstić information content (AvgIpc) is 3.71. The van der Waals surface area contributed by atoms with E-state index in [9.17, 15) is 62.7 Å². The fraction of sp³-hybridized carbons (Fsp3) is 0.468. The van der Waals surface area contributed by atoms with E-state index in [4.69, 9.17) is 28.7 Å². The average molecular weight is 1040 g/mol. The van der Waals surface area contributed by atoms with Gasteiger partial charge in [-0.3, -0.25) is 19.3 Å². The highest BCUT2D eigenvalue weighted by molar-refractivity contribution is 7.90. The van der Waals surface area contributed by atoms with E-state index in [0.717, 1.165) is 11.2 Å². The molecule has 0 radical (unpaired) electrons. The predicted octanol–water partition coefficient (Wildman–Crippen LogP) is -0.283. The highest BCUT2D eigenvalue weighted by Gasteiger charge is 2.49. The Morgan fingerprint density at radius 2 is 1.79 bits per heavy atom. The van der Waals surface area contributed by atoms with Crippen LogP contribution in [-0.4, -0.2) is 154 Å². The number of carbonyl (C=O) groups is 5. The van der Waals surface area contributed by atoms with Gasteiger partial charge in [0.25, 0.3) is 5.56 Å². The van der Waals surface area contributed by atoms with Crippen molar-refractivity contribution in [3.63, 3.8) is 0 Å². The summed E-state index contributed by atoms with van der Waals surface area (Å²) in [4.78, 5) is 84.1. The lowest BCUT2D eigenvalue weighted by Gasteiger charge is -2.38. The number of aliphatic hydroxyl groups excluding tert-OH is 3. The molecule has 3 unspecified atom stereocenters. The predicted molar refractivity (Wildman–Crippen MR) is 250 cm³/mol. The second kappa shape index (κ2) is 20.7. The van der Waals surface area contributed by atoms with Crippen LogP contribution in [0.25, 0.3) is 22.3 Å². The molecule has 4 aliphatic rings. The number of pyridine rings is 2. The first-order valence-electron chi connectivity index (χ1n) is 23.0. The first-order valence-corrected chi connectivity index (χ1v) is 25.1. The maximum absolute atomic E-state index is 15.4. The van der Waals surface area contributed by atoms with E-state index in [2.05, 4.69) is 16.0 Å². The number of ether oxygens (including phenoxy) is 5. The number of aryl methyl sites for hydroxylation is 1. The number of anilines is 1. The van der Waals surface area contributed by atoms with Gasteiger partial charge >= 0.3 is 18.0 Å². The van der Waals surface area contributed by atoms with Gasteiger partial charge in [0.15, 0.2) is 11.7 Å². The van der Waals surface area contributed by atoms with Crippen molar-refractivity contribution in [2.75, 3.05) is 50.8 Å². The molecule has 1 aliphatic carbocycles. The number of benzene rings is 2. The van der Waals surface area contributed by atoms with E-state index >= 15 is 4.39 Å². The zero-order valence-corrected chi connectivity index (χ0v) is 40.6. The fourth-order valence-electron chi connectivity index (χ4n) is 9.40. The van der Waals surface area contributed by atoms with Crippen molar-refractivity contribution < 1.29 is 86.0 Å². The summed E-state index contributed by atoms with van der Waals surface area (Å²) in [6.45, 7) is 0.516. The molecule has 1 saturated heterocycles. The lowest BCUT2D eigenvalue weighted by atomic mass is 9.81. The fourth-order valence-corrected chi connectivity index (χ4v) is 9.95. The molecule has 2 aromatic heterocycles. The molecule has 8 rings (SSSR count). The van der Waals surface area contributed by atoms with Crippen LogP contribution in [0.15, 0.2) is 35.1 Å². The number of carbonyl (C=O) groups excluding carboxylic acids is 4. The van der Waals surface area contributed by atoms with Crippen molar-refractivity contribution in [1.82, 2.24) is 25.1 Å². The number of likely N-dealkylation sites (N-methyl/N-ethyl adjacent to an activating group) is 1. The minimum Gasteiger partial charge on any atom is -0.479 e. The van der Waals surface area contributed by atoms with Gasteiger partial charge in [0.2, 0.25) is 18.1 Å². The Hall–Kier alpha value is -6.65. The number of sulfone groups is 1. The van der Waals surface area contributed by atoms with Crippen molar-refractivity contribution in [2.45, 2.75) is 95.2 Å². The second-order valence-corrected chi connectivity index (χ2v) is 20.4. The van der Waals surface area contributed by atoms with Gasteiger partial charge in [-0.15, -0.1) is 0 Å². The lowest BCUT2D eigenvalue weighted by molar-refractivity contribution is -0.271. The van der Waals surface area contributed by atoms with Crippen molar-refractivity contribution in [2.24, 2.45) is 0 Å². The van der Waals surface area contributed by atoms with Crippen molar-refractivity contribution >= 4 is 56.3 Å². The van der Waals surface area contributed by atoms with Gasteiger partial charge in [-0.05, 0) is 73.7 Å². The summed E-state index contributed by atoms with van der Waals surface area (Å²) in [5.74, 6) is -4.99. The zero-order valence-electron chi connectivity index (χ0n) is 39.8. The van der Waals surface area contributed by atoms with Crippen LogP contribution in [0.2, 0.25) is 0 Å². The molecule has 7 atom stereocenters. The van der Waals surface area contributed by atoms with Crippen LogP contribution in [0.5, 0.6) is 5.75 Å². The molecular weight excluding hydrogens is 988 g/mol. The smallest absolute Gasteiger partial charge is 0.411 e. The number of fused-ring (bicyclic) bond motifs is 5. The van der Waals surface area contributed by atoms with Gasteiger partial charge in [0.1, 0.15) is 66.3 Å². The zero-order chi connectivity index (χ0) is 52.8. The molecule has 24 nitrogen and oxygen atoms in total. The number of nitrogens with zero attached hydrogens (tertiary/aromatic N) is 3. The largest absolute Gasteiger partial charge is 0.479 e. The minimum atomic E-state index is -3.65. The molecular formula is C47H53FN6O18S. The molecule has 8 N–H and O–H groups in total. The van der Waals surface area contributed by atoms with E-state index in [-0.39, 0.29) is 65.5 Å². The third-order valence-corrected chi connectivity index (χ3v) is 14.2. The molecule has 0 saturated carbocycles. The Morgan fingerprint density at radius 3 is 2.49 bits per heavy atom. The first kappa shape index (κ1) is 52.7. The highest BCUT2D eigenvalue weighted by atomic mass is 32.2. The summed E-state index contributed by atoms with van der Waals surface area (Å²) in [6.07, 6.45) is -9.27. The summed E-state index contributed by atoms with van der Waals surface area (Å²) in [7, 11) is -2.15. The number of aliphatic carboxylic acids is 1. The first-order chi connectivity index (χ1) is 34.5. The van der Waals surface area contributed by atoms with Crippen LogP contribution in [0.3, 0.4) is 0 Å². The summed E-state index contributed by atoms with van der Waals surface area (Å²) in [6, 6.07) is 6.03. The number of aliphatic hydroxyl groups is 4. The molecule has 392 valence electrons. The van der Waals surface area contributed by atoms with Crippen molar-refractivity contribution in [3.05, 3.63) is 85.4 Å². The third-order valence-electron chi connectivity index (χ3n) is 13.3. The topological polar surface area (TPSA) is 341 Å². The van der Waals surface area contributed by atoms with E-state index in [1.807, 2.05) is 0 Å². The number of carboxylic acid groups (broad SMARTS) is 1. The number of hydrogen-bond acceptors (Lipinski definition) is 19. The quantitative estimate of drug-likeness (QED) is 0.0438. The summed E-state index contributed by atoms with van der Waals surface area (Å²) in [5.41, 5.74) is 0.834. The maximum atomic E-state index is 15.4. The number of halogens is 1. The number of amides is 3. The van der Waals surface area contributed by atoms with Gasteiger partial charge in [0, 0.05) is 35.4 Å². The summed E-state index contributed by atoms with van der Waals surface area (Å²) >= 11 is 0. The van der Waals surface area contributed by atoms with Gasteiger partial charge in [-0.25, -0.2) is 32.2 Å². The van der Waals surface area contributed by atoms with Gasteiger partial charge in [-0.1, -0.05) is 13.0 Å². The monoisotopic (exact) mass is 1040 g/mol. The van der Waals surface area contributed by atoms with Gasteiger partial charge in [0.05, 0.1) is 53.0 Å².